The summed E-state index contributed by atoms with van der Waals surface area (Å²) in [6.07, 6.45) is 21.8. The van der Waals surface area contributed by atoms with E-state index in [1.165, 1.54) is 69.4 Å². The Morgan fingerprint density at radius 3 is 2.42 bits per heavy atom. The maximum absolute atomic E-state index is 13.3. The smallest absolute Gasteiger partial charge is 0.123 e. The number of hydrogen-bond donors (Lipinski definition) is 0. The molecule has 2 fully saturated rings. The molecule has 0 saturated heterocycles. The molecule has 0 N–H and O–H groups in total. The second-order valence-corrected chi connectivity index (χ2v) is 8.36. The van der Waals surface area contributed by atoms with Crippen molar-refractivity contribution in [2.24, 2.45) is 17.8 Å². The van der Waals surface area contributed by atoms with Crippen LogP contribution in [0.4, 0.5) is 4.39 Å². The van der Waals surface area contributed by atoms with Crippen LogP contribution >= 0.6 is 0 Å². The van der Waals surface area contributed by atoms with Gasteiger partial charge in [0.15, 0.2) is 0 Å². The Kier molecular flexibility index (Phi) is 7.53. The molecule has 0 amide bonds. The Morgan fingerprint density at radius 2 is 1.73 bits per heavy atom. The summed E-state index contributed by atoms with van der Waals surface area (Å²) >= 11 is 0. The van der Waals surface area contributed by atoms with E-state index in [1.54, 1.807) is 12.1 Å². The van der Waals surface area contributed by atoms with Gasteiger partial charge in [-0.15, -0.1) is 0 Å². The largest absolute Gasteiger partial charge is 0.207 e. The molecule has 0 atom stereocenters. The highest BCUT2D eigenvalue weighted by atomic mass is 19.1. The van der Waals surface area contributed by atoms with Crippen molar-refractivity contribution in [1.29, 1.82) is 0 Å². The van der Waals surface area contributed by atoms with E-state index in [9.17, 15) is 4.39 Å². The molecule has 0 spiro atoms. The quantitative estimate of drug-likeness (QED) is 0.460. The first-order valence-electron chi connectivity index (χ1n) is 10.9. The molecular formula is C25H35F. The lowest BCUT2D eigenvalue weighted by atomic mass is 9.69. The number of hydrogen-bond acceptors (Lipinski definition) is 0. The summed E-state index contributed by atoms with van der Waals surface area (Å²) in [4.78, 5) is 0. The molecular weight excluding hydrogens is 319 g/mol. The lowest BCUT2D eigenvalue weighted by Crippen LogP contribution is -2.24. The molecule has 0 aliphatic heterocycles. The summed E-state index contributed by atoms with van der Waals surface area (Å²) in [5.41, 5.74) is 2.57. The normalized spacial score (nSPS) is 25.7. The standard InChI is InChI=1S/C25H35F/c1-2-8-21(13-6-9-20-10-7-14-25(26)19-20)23-15-17-24(18-16-23)22-11-4-3-5-12-22/h6-8,10,13-14,19,22-24H,2-5,9,11-12,15-18H2,1H3/b13-6-,21-8+. The Morgan fingerprint density at radius 1 is 1.00 bits per heavy atom. The average molecular weight is 355 g/mol. The van der Waals surface area contributed by atoms with Gasteiger partial charge in [-0.25, -0.2) is 4.39 Å². The van der Waals surface area contributed by atoms with E-state index in [2.05, 4.69) is 25.2 Å². The fraction of sp³-hybridized carbons (Fsp3) is 0.600. The van der Waals surface area contributed by atoms with Gasteiger partial charge in [0.25, 0.3) is 0 Å². The third kappa shape index (κ3) is 5.56. The zero-order valence-corrected chi connectivity index (χ0v) is 16.4. The molecule has 2 saturated carbocycles. The van der Waals surface area contributed by atoms with Crippen LogP contribution in [0.3, 0.4) is 0 Å². The van der Waals surface area contributed by atoms with Crippen molar-refractivity contribution in [1.82, 2.24) is 0 Å². The van der Waals surface area contributed by atoms with Crippen LogP contribution in [0.15, 0.2) is 48.1 Å². The van der Waals surface area contributed by atoms with Crippen LogP contribution < -0.4 is 0 Å². The highest BCUT2D eigenvalue weighted by molar-refractivity contribution is 5.25. The van der Waals surface area contributed by atoms with Gasteiger partial charge in [0.2, 0.25) is 0 Å². The predicted octanol–water partition coefficient (Wildman–Crippen LogP) is 7.65. The monoisotopic (exact) mass is 354 g/mol. The minimum Gasteiger partial charge on any atom is -0.207 e. The van der Waals surface area contributed by atoms with Crippen LogP contribution in [-0.4, -0.2) is 0 Å². The van der Waals surface area contributed by atoms with Crippen molar-refractivity contribution in [3.63, 3.8) is 0 Å². The van der Waals surface area contributed by atoms with E-state index in [4.69, 9.17) is 0 Å². The minimum absolute atomic E-state index is 0.138. The lowest BCUT2D eigenvalue weighted by Gasteiger charge is -2.36. The molecule has 1 aromatic rings. The van der Waals surface area contributed by atoms with Crippen molar-refractivity contribution < 1.29 is 4.39 Å². The second-order valence-electron chi connectivity index (χ2n) is 8.36. The topological polar surface area (TPSA) is 0 Å². The van der Waals surface area contributed by atoms with Crippen LogP contribution in [0.2, 0.25) is 0 Å². The highest BCUT2D eigenvalue weighted by Gasteiger charge is 2.29. The maximum atomic E-state index is 13.3. The molecule has 2 aliphatic carbocycles. The second kappa shape index (κ2) is 10.1. The molecule has 142 valence electrons. The van der Waals surface area contributed by atoms with Crippen molar-refractivity contribution in [2.45, 2.75) is 77.6 Å². The molecule has 26 heavy (non-hydrogen) atoms. The summed E-state index contributed by atoms with van der Waals surface area (Å²) in [6.45, 7) is 2.23. The van der Waals surface area contributed by atoms with E-state index in [0.29, 0.717) is 0 Å². The Hall–Kier alpha value is -1.37. The van der Waals surface area contributed by atoms with Gasteiger partial charge in [-0.1, -0.05) is 69.4 Å². The van der Waals surface area contributed by atoms with Crippen molar-refractivity contribution in [3.8, 4) is 0 Å². The van der Waals surface area contributed by atoms with E-state index in [1.807, 2.05) is 6.07 Å². The summed E-state index contributed by atoms with van der Waals surface area (Å²) in [5.74, 6) is 2.61. The molecule has 0 unspecified atom stereocenters. The van der Waals surface area contributed by atoms with Crippen molar-refractivity contribution in [2.75, 3.05) is 0 Å². The van der Waals surface area contributed by atoms with Crippen LogP contribution in [0.5, 0.6) is 0 Å². The minimum atomic E-state index is -0.138. The lowest BCUT2D eigenvalue weighted by molar-refractivity contribution is 0.178. The van der Waals surface area contributed by atoms with Gasteiger partial charge >= 0.3 is 0 Å². The fourth-order valence-electron chi connectivity index (χ4n) is 5.13. The van der Waals surface area contributed by atoms with E-state index >= 15 is 0 Å². The zero-order chi connectivity index (χ0) is 18.2. The molecule has 1 aromatic carbocycles. The summed E-state index contributed by atoms with van der Waals surface area (Å²) < 4.78 is 13.3. The Balaban J connectivity index is 1.53. The summed E-state index contributed by atoms with van der Waals surface area (Å²) in [6, 6.07) is 6.96. The number of halogens is 1. The van der Waals surface area contributed by atoms with Crippen LogP contribution in [-0.2, 0) is 6.42 Å². The van der Waals surface area contributed by atoms with Gasteiger partial charge in [-0.05, 0) is 79.5 Å². The molecule has 0 radical (unpaired) electrons. The first-order valence-corrected chi connectivity index (χ1v) is 10.9. The van der Waals surface area contributed by atoms with Crippen LogP contribution in [0, 0.1) is 23.6 Å². The average Bonchev–Trinajstić information content (AvgIpc) is 2.68. The maximum Gasteiger partial charge on any atom is 0.123 e. The number of rotatable bonds is 6. The van der Waals surface area contributed by atoms with Crippen LogP contribution in [0.1, 0.15) is 76.7 Å². The third-order valence-corrected chi connectivity index (χ3v) is 6.55. The molecule has 0 heterocycles. The highest BCUT2D eigenvalue weighted by Crippen LogP contribution is 2.41. The van der Waals surface area contributed by atoms with Crippen LogP contribution in [0.25, 0.3) is 0 Å². The molecule has 0 nitrogen and oxygen atoms in total. The van der Waals surface area contributed by atoms with Gasteiger partial charge in [0.05, 0.1) is 0 Å². The van der Waals surface area contributed by atoms with Gasteiger partial charge < -0.3 is 0 Å². The van der Waals surface area contributed by atoms with Gasteiger partial charge in [-0.2, -0.15) is 0 Å². The molecule has 0 aromatic heterocycles. The fourth-order valence-corrected chi connectivity index (χ4v) is 5.13. The number of allylic oxidation sites excluding steroid dienone is 4. The summed E-state index contributed by atoms with van der Waals surface area (Å²) in [7, 11) is 0. The first-order chi connectivity index (χ1) is 12.8. The van der Waals surface area contributed by atoms with E-state index < -0.39 is 0 Å². The Bertz CT molecular complexity index is 598. The molecule has 1 heteroatoms. The van der Waals surface area contributed by atoms with Crippen molar-refractivity contribution in [3.05, 3.63) is 59.4 Å². The third-order valence-electron chi connectivity index (χ3n) is 6.55. The molecule has 2 aliphatic rings. The zero-order valence-electron chi connectivity index (χ0n) is 16.4. The number of benzene rings is 1. The van der Waals surface area contributed by atoms with Gasteiger partial charge in [0, 0.05) is 0 Å². The van der Waals surface area contributed by atoms with Gasteiger partial charge in [-0.3, -0.25) is 0 Å². The predicted molar refractivity (Wildman–Crippen MR) is 110 cm³/mol. The summed E-state index contributed by atoms with van der Waals surface area (Å²) in [5, 5.41) is 0. The van der Waals surface area contributed by atoms with E-state index in [0.717, 1.165) is 36.2 Å². The SMILES string of the molecule is CC/C=C(\C=C/Cc1cccc(F)c1)C1CCC(C2CCCCC2)CC1. The van der Waals surface area contributed by atoms with Crippen molar-refractivity contribution >= 4 is 0 Å². The Labute approximate surface area is 159 Å². The first kappa shape index (κ1) is 19.4. The molecule has 0 bridgehead atoms. The van der Waals surface area contributed by atoms with Gasteiger partial charge in [0.1, 0.15) is 5.82 Å². The molecule has 3 rings (SSSR count). The van der Waals surface area contributed by atoms with E-state index in [-0.39, 0.29) is 5.82 Å².